The molecule has 0 spiro atoms. The molecule has 0 aromatic carbocycles. The van der Waals surface area contributed by atoms with Gasteiger partial charge in [0, 0.05) is 13.1 Å². The SMILES string of the molecule is CCN(CC)C(=O)NNC(=O)c1ccc(Br)s1. The number of nitrogens with one attached hydrogen (secondary N) is 2. The Balaban J connectivity index is 2.46. The van der Waals surface area contributed by atoms with Gasteiger partial charge in [0.1, 0.15) is 0 Å². The lowest BCUT2D eigenvalue weighted by Crippen LogP contribution is -2.48. The van der Waals surface area contributed by atoms with Crippen molar-refractivity contribution in [2.24, 2.45) is 0 Å². The highest BCUT2D eigenvalue weighted by atomic mass is 79.9. The van der Waals surface area contributed by atoms with Crippen LogP contribution in [-0.2, 0) is 0 Å². The zero-order valence-electron chi connectivity index (χ0n) is 9.62. The maximum atomic E-state index is 11.6. The minimum atomic E-state index is -0.318. The van der Waals surface area contributed by atoms with Gasteiger partial charge in [0.2, 0.25) is 0 Å². The molecule has 1 aromatic rings. The summed E-state index contributed by atoms with van der Waals surface area (Å²) in [7, 11) is 0. The van der Waals surface area contributed by atoms with Gasteiger partial charge in [-0.25, -0.2) is 10.2 Å². The minimum Gasteiger partial charge on any atom is -0.324 e. The summed E-state index contributed by atoms with van der Waals surface area (Å²) in [6.45, 7) is 4.95. The van der Waals surface area contributed by atoms with Crippen molar-refractivity contribution in [2.45, 2.75) is 13.8 Å². The lowest BCUT2D eigenvalue weighted by molar-refractivity contribution is 0.0934. The molecule has 94 valence electrons. The molecule has 17 heavy (non-hydrogen) atoms. The monoisotopic (exact) mass is 319 g/mol. The van der Waals surface area contributed by atoms with Crippen LogP contribution < -0.4 is 10.9 Å². The second-order valence-corrected chi connectivity index (χ2v) is 5.62. The molecule has 0 fully saturated rings. The minimum absolute atomic E-state index is 0.307. The van der Waals surface area contributed by atoms with Crippen LogP contribution in [-0.4, -0.2) is 29.9 Å². The van der Waals surface area contributed by atoms with Crippen LogP contribution in [0.25, 0.3) is 0 Å². The van der Waals surface area contributed by atoms with Crippen molar-refractivity contribution >= 4 is 39.2 Å². The van der Waals surface area contributed by atoms with Crippen molar-refractivity contribution in [3.63, 3.8) is 0 Å². The Morgan fingerprint density at radius 1 is 1.29 bits per heavy atom. The summed E-state index contributed by atoms with van der Waals surface area (Å²) in [6, 6.07) is 3.17. The average molecular weight is 320 g/mol. The van der Waals surface area contributed by atoms with Gasteiger partial charge in [-0.1, -0.05) is 0 Å². The number of urea groups is 1. The Bertz CT molecular complexity index is 404. The van der Waals surface area contributed by atoms with E-state index in [0.29, 0.717) is 18.0 Å². The number of carbonyl (C=O) groups excluding carboxylic acids is 2. The van der Waals surface area contributed by atoms with E-state index in [-0.39, 0.29) is 11.9 Å². The lowest BCUT2D eigenvalue weighted by Gasteiger charge is -2.19. The number of hydrogen-bond acceptors (Lipinski definition) is 3. The molecule has 7 heteroatoms. The highest BCUT2D eigenvalue weighted by Gasteiger charge is 2.12. The van der Waals surface area contributed by atoms with Crippen molar-refractivity contribution in [1.29, 1.82) is 0 Å². The predicted octanol–water partition coefficient (Wildman–Crippen LogP) is 2.21. The predicted molar refractivity (Wildman–Crippen MR) is 70.9 cm³/mol. The third-order valence-electron chi connectivity index (χ3n) is 2.13. The first-order chi connectivity index (χ1) is 8.08. The number of hydrogen-bond donors (Lipinski definition) is 2. The van der Waals surface area contributed by atoms with Gasteiger partial charge in [-0.3, -0.25) is 10.2 Å². The molecule has 0 unspecified atom stereocenters. The van der Waals surface area contributed by atoms with Gasteiger partial charge >= 0.3 is 6.03 Å². The zero-order valence-corrected chi connectivity index (χ0v) is 12.0. The molecule has 5 nitrogen and oxygen atoms in total. The first-order valence-corrected chi connectivity index (χ1v) is 6.80. The normalized spacial score (nSPS) is 9.82. The molecule has 0 saturated heterocycles. The topological polar surface area (TPSA) is 61.4 Å². The summed E-state index contributed by atoms with van der Waals surface area (Å²) >= 11 is 4.58. The molecular formula is C10H14BrN3O2S. The van der Waals surface area contributed by atoms with Gasteiger partial charge in [-0.15, -0.1) is 11.3 Å². The number of nitrogens with zero attached hydrogens (tertiary/aromatic N) is 1. The number of amides is 3. The van der Waals surface area contributed by atoms with E-state index in [4.69, 9.17) is 0 Å². The molecule has 0 atom stereocenters. The fraction of sp³-hybridized carbons (Fsp3) is 0.400. The van der Waals surface area contributed by atoms with Crippen LogP contribution in [0.1, 0.15) is 23.5 Å². The molecule has 3 amide bonds. The van der Waals surface area contributed by atoms with Crippen LogP contribution in [0.3, 0.4) is 0 Å². The van der Waals surface area contributed by atoms with E-state index in [9.17, 15) is 9.59 Å². The van der Waals surface area contributed by atoms with Crippen LogP contribution >= 0.6 is 27.3 Å². The molecule has 1 heterocycles. The summed E-state index contributed by atoms with van der Waals surface area (Å²) in [5.41, 5.74) is 4.74. The van der Waals surface area contributed by atoms with E-state index in [1.54, 1.807) is 17.0 Å². The van der Waals surface area contributed by atoms with Crippen molar-refractivity contribution in [1.82, 2.24) is 15.8 Å². The quantitative estimate of drug-likeness (QED) is 0.839. The number of carbonyl (C=O) groups is 2. The van der Waals surface area contributed by atoms with Crippen molar-refractivity contribution in [2.75, 3.05) is 13.1 Å². The standard InChI is InChI=1S/C10H14BrN3O2S/c1-3-14(4-2)10(16)13-12-9(15)7-5-6-8(11)17-7/h5-6H,3-4H2,1-2H3,(H,12,15)(H,13,16). The fourth-order valence-corrected chi connectivity index (χ4v) is 2.48. The van der Waals surface area contributed by atoms with E-state index in [0.717, 1.165) is 3.79 Å². The van der Waals surface area contributed by atoms with Crippen LogP contribution in [0.5, 0.6) is 0 Å². The molecular weight excluding hydrogens is 306 g/mol. The largest absolute Gasteiger partial charge is 0.336 e. The first kappa shape index (κ1) is 14.0. The first-order valence-electron chi connectivity index (χ1n) is 5.19. The highest BCUT2D eigenvalue weighted by Crippen LogP contribution is 2.21. The summed E-state index contributed by atoms with van der Waals surface area (Å²) < 4.78 is 0.873. The molecule has 0 bridgehead atoms. The maximum absolute atomic E-state index is 11.6. The van der Waals surface area contributed by atoms with Gasteiger partial charge in [0.05, 0.1) is 8.66 Å². The molecule has 0 saturated carbocycles. The second kappa shape index (κ2) is 6.61. The van der Waals surface area contributed by atoms with Gasteiger partial charge in [0.25, 0.3) is 5.91 Å². The summed E-state index contributed by atoms with van der Waals surface area (Å²) in [5.74, 6) is -0.318. The van der Waals surface area contributed by atoms with Crippen LogP contribution in [0.4, 0.5) is 4.79 Å². The Hall–Kier alpha value is -1.08. The lowest BCUT2D eigenvalue weighted by atomic mass is 10.4. The fourth-order valence-electron chi connectivity index (χ4n) is 1.20. The molecule has 0 aliphatic rings. The molecule has 0 aliphatic carbocycles. The highest BCUT2D eigenvalue weighted by molar-refractivity contribution is 9.11. The Morgan fingerprint density at radius 2 is 1.94 bits per heavy atom. The Morgan fingerprint density at radius 3 is 2.41 bits per heavy atom. The molecule has 0 aliphatic heterocycles. The molecule has 1 rings (SSSR count). The van der Waals surface area contributed by atoms with E-state index < -0.39 is 0 Å². The average Bonchev–Trinajstić information content (AvgIpc) is 2.74. The smallest absolute Gasteiger partial charge is 0.324 e. The molecule has 2 N–H and O–H groups in total. The Kier molecular flexibility index (Phi) is 5.43. The molecule has 1 aromatic heterocycles. The van der Waals surface area contributed by atoms with Gasteiger partial charge < -0.3 is 4.90 Å². The summed E-state index contributed by atoms with van der Waals surface area (Å²) in [4.78, 5) is 25.3. The van der Waals surface area contributed by atoms with E-state index >= 15 is 0 Å². The third kappa shape index (κ3) is 4.01. The van der Waals surface area contributed by atoms with E-state index in [1.165, 1.54) is 11.3 Å². The summed E-state index contributed by atoms with van der Waals surface area (Å²) in [5, 5.41) is 0. The van der Waals surface area contributed by atoms with Gasteiger partial charge in [-0.2, -0.15) is 0 Å². The number of halogens is 1. The van der Waals surface area contributed by atoms with Crippen molar-refractivity contribution in [3.05, 3.63) is 20.8 Å². The Labute approximate surface area is 112 Å². The zero-order chi connectivity index (χ0) is 12.8. The van der Waals surface area contributed by atoms with Crippen molar-refractivity contribution in [3.8, 4) is 0 Å². The van der Waals surface area contributed by atoms with Crippen LogP contribution in [0.15, 0.2) is 15.9 Å². The van der Waals surface area contributed by atoms with Gasteiger partial charge in [-0.05, 0) is 41.9 Å². The molecule has 0 radical (unpaired) electrons. The van der Waals surface area contributed by atoms with E-state index in [2.05, 4.69) is 26.8 Å². The maximum Gasteiger partial charge on any atom is 0.336 e. The van der Waals surface area contributed by atoms with Crippen LogP contribution in [0, 0.1) is 0 Å². The third-order valence-corrected chi connectivity index (χ3v) is 3.75. The number of thiophene rings is 1. The van der Waals surface area contributed by atoms with Crippen molar-refractivity contribution < 1.29 is 9.59 Å². The van der Waals surface area contributed by atoms with Gasteiger partial charge in [0.15, 0.2) is 0 Å². The summed E-state index contributed by atoms with van der Waals surface area (Å²) in [6.07, 6.45) is 0. The van der Waals surface area contributed by atoms with Crippen LogP contribution in [0.2, 0.25) is 0 Å². The second-order valence-electron chi connectivity index (χ2n) is 3.16. The van der Waals surface area contributed by atoms with E-state index in [1.807, 2.05) is 13.8 Å². The number of hydrazine groups is 1. The number of rotatable bonds is 3.